The van der Waals surface area contributed by atoms with E-state index >= 15 is 0 Å². The quantitative estimate of drug-likeness (QED) is 0.573. The highest BCUT2D eigenvalue weighted by Crippen LogP contribution is 2.21. The lowest BCUT2D eigenvalue weighted by atomic mass is 9.97. The molecule has 96 valence electrons. The SMILES string of the molecule is Nc1ccc(N)c(C(=O)c2ccccc2C(=O)O)c1. The van der Waals surface area contributed by atoms with E-state index in [4.69, 9.17) is 16.6 Å². The first-order valence-electron chi connectivity index (χ1n) is 5.52. The van der Waals surface area contributed by atoms with Gasteiger partial charge in [0.2, 0.25) is 0 Å². The van der Waals surface area contributed by atoms with Crippen molar-refractivity contribution in [3.05, 3.63) is 59.2 Å². The first kappa shape index (κ1) is 12.6. The van der Waals surface area contributed by atoms with Gasteiger partial charge in [-0.25, -0.2) is 4.79 Å². The molecule has 0 fully saturated rings. The van der Waals surface area contributed by atoms with Gasteiger partial charge in [0, 0.05) is 22.5 Å². The molecule has 0 atom stereocenters. The summed E-state index contributed by atoms with van der Waals surface area (Å²) in [5.74, 6) is -1.62. The zero-order chi connectivity index (χ0) is 14.0. The van der Waals surface area contributed by atoms with Crippen LogP contribution in [0.15, 0.2) is 42.5 Å². The standard InChI is InChI=1S/C14H12N2O3/c15-8-5-6-12(16)11(7-8)13(17)9-3-1-2-4-10(9)14(18)19/h1-7H,15-16H2,(H,18,19). The van der Waals surface area contributed by atoms with Crippen molar-refractivity contribution in [1.82, 2.24) is 0 Å². The van der Waals surface area contributed by atoms with Crippen LogP contribution in [-0.2, 0) is 0 Å². The summed E-state index contributed by atoms with van der Waals surface area (Å²) in [6.07, 6.45) is 0. The third-order valence-electron chi connectivity index (χ3n) is 2.72. The van der Waals surface area contributed by atoms with Gasteiger partial charge in [0.25, 0.3) is 0 Å². The van der Waals surface area contributed by atoms with Crippen LogP contribution in [0.4, 0.5) is 11.4 Å². The molecule has 0 heterocycles. The topological polar surface area (TPSA) is 106 Å². The van der Waals surface area contributed by atoms with Crippen LogP contribution in [0.5, 0.6) is 0 Å². The van der Waals surface area contributed by atoms with E-state index in [0.29, 0.717) is 5.69 Å². The molecule has 0 bridgehead atoms. The minimum absolute atomic E-state index is 0.0608. The first-order valence-corrected chi connectivity index (χ1v) is 5.52. The Hall–Kier alpha value is -2.82. The van der Waals surface area contributed by atoms with Gasteiger partial charge in [0.1, 0.15) is 0 Å². The predicted molar refractivity (Wildman–Crippen MR) is 72.1 cm³/mol. The van der Waals surface area contributed by atoms with Crippen molar-refractivity contribution in [2.45, 2.75) is 0 Å². The van der Waals surface area contributed by atoms with Gasteiger partial charge >= 0.3 is 5.97 Å². The van der Waals surface area contributed by atoms with E-state index < -0.39 is 11.8 Å². The van der Waals surface area contributed by atoms with E-state index in [1.807, 2.05) is 0 Å². The number of carboxylic acids is 1. The zero-order valence-corrected chi connectivity index (χ0v) is 9.96. The van der Waals surface area contributed by atoms with Crippen LogP contribution in [0.1, 0.15) is 26.3 Å². The van der Waals surface area contributed by atoms with Gasteiger partial charge in [0.15, 0.2) is 5.78 Å². The second-order valence-corrected chi connectivity index (χ2v) is 4.03. The van der Waals surface area contributed by atoms with Crippen molar-refractivity contribution in [2.24, 2.45) is 0 Å². The summed E-state index contributed by atoms with van der Waals surface area (Å²) in [5.41, 5.74) is 12.2. The Morgan fingerprint density at radius 3 is 2.16 bits per heavy atom. The smallest absolute Gasteiger partial charge is 0.336 e. The molecule has 5 N–H and O–H groups in total. The average molecular weight is 256 g/mol. The molecular formula is C14H12N2O3. The van der Waals surface area contributed by atoms with Crippen LogP contribution in [0.3, 0.4) is 0 Å². The number of anilines is 2. The molecule has 0 radical (unpaired) electrons. The fraction of sp³-hybridized carbons (Fsp3) is 0. The first-order chi connectivity index (χ1) is 9.00. The van der Waals surface area contributed by atoms with E-state index in [2.05, 4.69) is 0 Å². The number of aromatic carboxylic acids is 1. The zero-order valence-electron chi connectivity index (χ0n) is 9.96. The Balaban J connectivity index is 2.56. The highest BCUT2D eigenvalue weighted by atomic mass is 16.4. The van der Waals surface area contributed by atoms with Gasteiger partial charge in [-0.2, -0.15) is 0 Å². The van der Waals surface area contributed by atoms with Gasteiger partial charge in [-0.15, -0.1) is 0 Å². The highest BCUT2D eigenvalue weighted by molar-refractivity contribution is 6.16. The normalized spacial score (nSPS) is 10.1. The molecule has 0 unspecified atom stereocenters. The highest BCUT2D eigenvalue weighted by Gasteiger charge is 2.19. The van der Waals surface area contributed by atoms with Crippen molar-refractivity contribution in [2.75, 3.05) is 11.5 Å². The largest absolute Gasteiger partial charge is 0.478 e. The number of benzene rings is 2. The molecule has 0 aliphatic heterocycles. The van der Waals surface area contributed by atoms with Crippen molar-refractivity contribution in [3.63, 3.8) is 0 Å². The van der Waals surface area contributed by atoms with Crippen molar-refractivity contribution in [3.8, 4) is 0 Å². The maximum Gasteiger partial charge on any atom is 0.336 e. The van der Waals surface area contributed by atoms with Crippen molar-refractivity contribution < 1.29 is 14.7 Å². The Morgan fingerprint density at radius 1 is 0.895 bits per heavy atom. The fourth-order valence-electron chi connectivity index (χ4n) is 1.78. The Labute approximate surface area is 109 Å². The summed E-state index contributed by atoms with van der Waals surface area (Å²) in [4.78, 5) is 23.4. The summed E-state index contributed by atoms with van der Waals surface area (Å²) in [6.45, 7) is 0. The molecule has 2 aromatic carbocycles. The Kier molecular flexibility index (Phi) is 3.20. The summed E-state index contributed by atoms with van der Waals surface area (Å²) in [7, 11) is 0. The lowest BCUT2D eigenvalue weighted by Gasteiger charge is -2.08. The van der Waals surface area contributed by atoms with Gasteiger partial charge in [0.05, 0.1) is 5.56 Å². The van der Waals surface area contributed by atoms with Crippen LogP contribution >= 0.6 is 0 Å². The molecule has 2 aromatic rings. The number of hydrogen-bond acceptors (Lipinski definition) is 4. The lowest BCUT2D eigenvalue weighted by molar-refractivity contribution is 0.0693. The predicted octanol–water partition coefficient (Wildman–Crippen LogP) is 1.78. The maximum absolute atomic E-state index is 12.3. The number of nitrogen functional groups attached to an aromatic ring is 2. The van der Waals surface area contributed by atoms with Gasteiger partial charge in [-0.1, -0.05) is 18.2 Å². The molecule has 0 saturated carbocycles. The molecule has 2 rings (SSSR count). The second kappa shape index (κ2) is 4.81. The van der Waals surface area contributed by atoms with Gasteiger partial charge in [-0.3, -0.25) is 4.79 Å². The van der Waals surface area contributed by atoms with Crippen molar-refractivity contribution in [1.29, 1.82) is 0 Å². The second-order valence-electron chi connectivity index (χ2n) is 4.03. The van der Waals surface area contributed by atoms with E-state index in [1.54, 1.807) is 18.2 Å². The lowest BCUT2D eigenvalue weighted by Crippen LogP contribution is -2.11. The summed E-state index contributed by atoms with van der Waals surface area (Å²) >= 11 is 0. The molecule has 19 heavy (non-hydrogen) atoms. The minimum Gasteiger partial charge on any atom is -0.478 e. The molecule has 0 aliphatic rings. The number of carbonyl (C=O) groups is 2. The van der Waals surface area contributed by atoms with Gasteiger partial charge < -0.3 is 16.6 Å². The van der Waals surface area contributed by atoms with Crippen LogP contribution in [0, 0.1) is 0 Å². The average Bonchev–Trinajstić information content (AvgIpc) is 2.40. The summed E-state index contributed by atoms with van der Waals surface area (Å²) in [5, 5.41) is 9.08. The van der Waals surface area contributed by atoms with Crippen LogP contribution in [-0.4, -0.2) is 16.9 Å². The minimum atomic E-state index is -1.16. The Morgan fingerprint density at radius 2 is 1.53 bits per heavy atom. The molecule has 5 heteroatoms. The van der Waals surface area contributed by atoms with Crippen LogP contribution in [0.25, 0.3) is 0 Å². The third kappa shape index (κ3) is 2.40. The molecule has 0 aromatic heterocycles. The summed E-state index contributed by atoms with van der Waals surface area (Å²) < 4.78 is 0. The maximum atomic E-state index is 12.3. The van der Waals surface area contributed by atoms with E-state index in [9.17, 15) is 9.59 Å². The number of carboxylic acid groups (broad SMARTS) is 1. The number of hydrogen-bond donors (Lipinski definition) is 3. The number of nitrogens with two attached hydrogens (primary N) is 2. The van der Waals surface area contributed by atoms with Gasteiger partial charge in [-0.05, 0) is 24.3 Å². The van der Waals surface area contributed by atoms with E-state index in [-0.39, 0.29) is 22.4 Å². The van der Waals surface area contributed by atoms with Crippen LogP contribution in [0.2, 0.25) is 0 Å². The number of carbonyl (C=O) groups excluding carboxylic acids is 1. The third-order valence-corrected chi connectivity index (χ3v) is 2.72. The fourth-order valence-corrected chi connectivity index (χ4v) is 1.78. The molecule has 0 saturated heterocycles. The molecule has 0 amide bonds. The Bertz CT molecular complexity index is 665. The molecular weight excluding hydrogens is 244 g/mol. The monoisotopic (exact) mass is 256 g/mol. The van der Waals surface area contributed by atoms with E-state index in [1.165, 1.54) is 24.3 Å². The molecule has 0 aliphatic carbocycles. The van der Waals surface area contributed by atoms with Crippen molar-refractivity contribution >= 4 is 23.1 Å². The molecule has 5 nitrogen and oxygen atoms in total. The van der Waals surface area contributed by atoms with E-state index in [0.717, 1.165) is 0 Å². The number of ketones is 1. The number of rotatable bonds is 3. The van der Waals surface area contributed by atoms with Crippen LogP contribution < -0.4 is 11.5 Å². The summed E-state index contributed by atoms with van der Waals surface area (Å²) in [6, 6.07) is 10.5. The molecule has 0 spiro atoms.